The molecule has 0 saturated carbocycles. The van der Waals surface area contributed by atoms with Gasteiger partial charge in [0.15, 0.2) is 11.6 Å². The summed E-state index contributed by atoms with van der Waals surface area (Å²) >= 11 is 1.41. The number of hydrogen-bond donors (Lipinski definition) is 3. The summed E-state index contributed by atoms with van der Waals surface area (Å²) in [6.07, 6.45) is 6.91. The van der Waals surface area contributed by atoms with Gasteiger partial charge >= 0.3 is 0 Å². The Morgan fingerprint density at radius 2 is 1.95 bits per heavy atom. The Kier molecular flexibility index (Phi) is 4.84. The second-order valence-corrected chi connectivity index (χ2v) is 10.1. The second-order valence-electron chi connectivity index (χ2n) is 8.98. The molecule has 182 valence electrons. The van der Waals surface area contributed by atoms with Gasteiger partial charge in [0.05, 0.1) is 45.1 Å². The lowest BCUT2D eigenvalue weighted by molar-refractivity contribution is 0.102. The summed E-state index contributed by atoms with van der Waals surface area (Å²) in [7, 11) is 0. The molecule has 1 fully saturated rings. The van der Waals surface area contributed by atoms with Crippen molar-refractivity contribution in [2.75, 3.05) is 18.0 Å². The summed E-state index contributed by atoms with van der Waals surface area (Å²) in [6, 6.07) is 7.71. The van der Waals surface area contributed by atoms with Crippen LogP contribution in [0.1, 0.15) is 16.6 Å². The number of Topliss-reactive ketones (excluding diaryl/α,β-unsaturated/α-hetero) is 1. The number of pyridine rings is 2. The highest BCUT2D eigenvalue weighted by molar-refractivity contribution is 7.17. The number of thiophene rings is 1. The Morgan fingerprint density at radius 3 is 2.76 bits per heavy atom. The number of anilines is 1. The fourth-order valence-electron chi connectivity index (χ4n) is 4.45. The van der Waals surface area contributed by atoms with Gasteiger partial charge in [0.25, 0.3) is 0 Å². The maximum atomic E-state index is 11.8. The number of nitrogens with one attached hydrogen (secondary N) is 2. The van der Waals surface area contributed by atoms with E-state index in [0.29, 0.717) is 33.3 Å². The van der Waals surface area contributed by atoms with Gasteiger partial charge in [-0.25, -0.2) is 9.97 Å². The summed E-state index contributed by atoms with van der Waals surface area (Å²) in [4.78, 5) is 41.9. The van der Waals surface area contributed by atoms with Crippen LogP contribution in [0, 0.1) is 0 Å². The molecule has 0 aliphatic carbocycles. The second kappa shape index (κ2) is 8.25. The number of hydrogen-bond acceptors (Lipinski definition) is 10. The van der Waals surface area contributed by atoms with Crippen molar-refractivity contribution >= 4 is 44.9 Å². The molecule has 0 atom stereocenters. The SMILES string of the molecule is CC(=O)c1ccc(-c2nccc3[nH]c(-c4n[nH]c5cnc(-c6cncc(N7CC(N)C7)n6)cc45)nc23)s1. The van der Waals surface area contributed by atoms with Crippen molar-refractivity contribution in [3.05, 3.63) is 53.9 Å². The number of nitrogens with two attached hydrogens (primary N) is 1. The summed E-state index contributed by atoms with van der Waals surface area (Å²) < 4.78 is 0. The Labute approximate surface area is 213 Å². The average molecular weight is 509 g/mol. The zero-order valence-electron chi connectivity index (χ0n) is 19.6. The van der Waals surface area contributed by atoms with Gasteiger partial charge in [-0.3, -0.25) is 24.8 Å². The summed E-state index contributed by atoms with van der Waals surface area (Å²) in [5.41, 5.74) is 11.0. The maximum absolute atomic E-state index is 11.8. The first kappa shape index (κ1) is 21.7. The molecule has 7 rings (SSSR count). The number of H-pyrrole nitrogens is 2. The molecule has 37 heavy (non-hydrogen) atoms. The van der Waals surface area contributed by atoms with E-state index >= 15 is 0 Å². The topological polar surface area (TPSA) is 155 Å². The molecule has 1 aliphatic rings. The quantitative estimate of drug-likeness (QED) is 0.297. The first-order valence-electron chi connectivity index (χ1n) is 11.7. The lowest BCUT2D eigenvalue weighted by atomic mass is 10.1. The molecule has 0 aromatic carbocycles. The first-order valence-corrected chi connectivity index (χ1v) is 12.5. The Hall–Kier alpha value is -4.55. The van der Waals surface area contributed by atoms with E-state index in [4.69, 9.17) is 15.7 Å². The highest BCUT2D eigenvalue weighted by atomic mass is 32.1. The van der Waals surface area contributed by atoms with Gasteiger partial charge in [-0.15, -0.1) is 11.3 Å². The van der Waals surface area contributed by atoms with E-state index in [-0.39, 0.29) is 11.8 Å². The predicted molar refractivity (Wildman–Crippen MR) is 141 cm³/mol. The molecule has 12 heteroatoms. The average Bonchev–Trinajstić information content (AvgIpc) is 3.64. The van der Waals surface area contributed by atoms with Crippen molar-refractivity contribution in [2.24, 2.45) is 5.73 Å². The van der Waals surface area contributed by atoms with Crippen molar-refractivity contribution < 1.29 is 4.79 Å². The highest BCUT2D eigenvalue weighted by Crippen LogP contribution is 2.34. The highest BCUT2D eigenvalue weighted by Gasteiger charge is 2.25. The number of imidazole rings is 1. The van der Waals surface area contributed by atoms with E-state index in [0.717, 1.165) is 45.9 Å². The number of aromatic nitrogens is 8. The van der Waals surface area contributed by atoms with Crippen LogP contribution >= 0.6 is 11.3 Å². The Bertz CT molecular complexity index is 1810. The molecule has 0 radical (unpaired) electrons. The Balaban J connectivity index is 1.29. The number of fused-ring (bicyclic) bond motifs is 2. The fourth-order valence-corrected chi connectivity index (χ4v) is 5.35. The third-order valence-corrected chi connectivity index (χ3v) is 7.57. The van der Waals surface area contributed by atoms with Crippen LogP contribution < -0.4 is 10.6 Å². The number of carbonyl (C=O) groups excluding carboxylic acids is 1. The predicted octanol–water partition coefficient (Wildman–Crippen LogP) is 3.43. The molecule has 1 saturated heterocycles. The van der Waals surface area contributed by atoms with E-state index in [1.54, 1.807) is 31.7 Å². The van der Waals surface area contributed by atoms with Gasteiger partial charge in [-0.1, -0.05) is 0 Å². The van der Waals surface area contributed by atoms with Gasteiger partial charge in [0.2, 0.25) is 0 Å². The van der Waals surface area contributed by atoms with Crippen LogP contribution in [0.15, 0.2) is 49.1 Å². The van der Waals surface area contributed by atoms with E-state index in [2.05, 4.69) is 35.0 Å². The largest absolute Gasteiger partial charge is 0.352 e. The molecule has 0 spiro atoms. The van der Waals surface area contributed by atoms with Crippen LogP contribution in [0.4, 0.5) is 5.82 Å². The van der Waals surface area contributed by atoms with E-state index in [1.807, 2.05) is 24.3 Å². The third kappa shape index (κ3) is 3.65. The normalized spacial score (nSPS) is 13.9. The molecular formula is C25H20N10OS. The molecule has 4 N–H and O–H groups in total. The summed E-state index contributed by atoms with van der Waals surface area (Å²) in [5, 5.41) is 8.42. The summed E-state index contributed by atoms with van der Waals surface area (Å²) in [6.45, 7) is 3.09. The van der Waals surface area contributed by atoms with Crippen LogP contribution in [0.25, 0.3) is 55.4 Å². The number of ketones is 1. The lowest BCUT2D eigenvalue weighted by Gasteiger charge is -2.37. The number of carbonyl (C=O) groups is 1. The van der Waals surface area contributed by atoms with Crippen molar-refractivity contribution in [3.8, 4) is 33.5 Å². The molecular weight excluding hydrogens is 488 g/mol. The minimum Gasteiger partial charge on any atom is -0.352 e. The maximum Gasteiger partial charge on any atom is 0.169 e. The van der Waals surface area contributed by atoms with Crippen molar-refractivity contribution in [2.45, 2.75) is 13.0 Å². The Morgan fingerprint density at radius 1 is 1.05 bits per heavy atom. The third-order valence-electron chi connectivity index (χ3n) is 6.38. The van der Waals surface area contributed by atoms with Gasteiger partial charge in [0, 0.05) is 30.7 Å². The van der Waals surface area contributed by atoms with Crippen LogP contribution in [0.5, 0.6) is 0 Å². The lowest BCUT2D eigenvalue weighted by Crippen LogP contribution is -2.56. The molecule has 7 heterocycles. The number of rotatable bonds is 5. The zero-order chi connectivity index (χ0) is 25.1. The molecule has 0 unspecified atom stereocenters. The first-order chi connectivity index (χ1) is 18.0. The van der Waals surface area contributed by atoms with Crippen molar-refractivity contribution in [1.29, 1.82) is 0 Å². The van der Waals surface area contributed by atoms with Gasteiger partial charge in [0.1, 0.15) is 28.4 Å². The smallest absolute Gasteiger partial charge is 0.169 e. The van der Waals surface area contributed by atoms with Crippen LogP contribution in [-0.4, -0.2) is 65.0 Å². The van der Waals surface area contributed by atoms with Gasteiger partial charge in [-0.05, 0) is 31.2 Å². The minimum absolute atomic E-state index is 0.0298. The molecule has 6 aromatic heterocycles. The van der Waals surface area contributed by atoms with Crippen molar-refractivity contribution in [1.82, 2.24) is 40.1 Å². The summed E-state index contributed by atoms with van der Waals surface area (Å²) in [5.74, 6) is 1.42. The monoisotopic (exact) mass is 508 g/mol. The number of aromatic amines is 2. The van der Waals surface area contributed by atoms with E-state index < -0.39 is 0 Å². The molecule has 11 nitrogen and oxygen atoms in total. The number of nitrogens with zero attached hydrogens (tertiary/aromatic N) is 7. The molecule has 1 aliphatic heterocycles. The van der Waals surface area contributed by atoms with Gasteiger partial charge < -0.3 is 15.6 Å². The van der Waals surface area contributed by atoms with Crippen LogP contribution in [-0.2, 0) is 0 Å². The molecule has 0 bridgehead atoms. The molecule has 0 amide bonds. The van der Waals surface area contributed by atoms with E-state index in [1.165, 1.54) is 11.3 Å². The van der Waals surface area contributed by atoms with Gasteiger partial charge in [-0.2, -0.15) is 5.10 Å². The standard InChI is InChI=1S/C25H20N10OS/c1-12(36)19-2-3-20(37-19)24-23-15(4-5-28-24)31-25(32-23)22-14-6-16(29-8-17(14)33-34-22)18-7-27-9-21(30-18)35-10-13(26)11-35/h2-9,13H,10-11,26H2,1H3,(H,31,32)(H,33,34). The minimum atomic E-state index is 0.0298. The van der Waals surface area contributed by atoms with E-state index in [9.17, 15) is 4.79 Å². The van der Waals surface area contributed by atoms with Crippen LogP contribution in [0.3, 0.4) is 0 Å². The molecule has 6 aromatic rings. The van der Waals surface area contributed by atoms with Crippen molar-refractivity contribution in [3.63, 3.8) is 0 Å². The fraction of sp³-hybridized carbons (Fsp3) is 0.160. The zero-order valence-corrected chi connectivity index (χ0v) is 20.5. The van der Waals surface area contributed by atoms with Crippen LogP contribution in [0.2, 0.25) is 0 Å².